The van der Waals surface area contributed by atoms with Gasteiger partial charge < -0.3 is 10.4 Å². The van der Waals surface area contributed by atoms with Crippen molar-refractivity contribution in [3.05, 3.63) is 12.2 Å². The SMILES string of the molecule is O=C(O)[C@@H]1[C@H](C(=O)NC2C3CC4CC(C3)CC2C4)[C@@H]2C=C[C@H]1C2. The van der Waals surface area contributed by atoms with Crippen LogP contribution in [0.15, 0.2) is 12.2 Å². The third-order valence-electron chi connectivity index (χ3n) is 7.58. The van der Waals surface area contributed by atoms with Gasteiger partial charge in [-0.15, -0.1) is 0 Å². The largest absolute Gasteiger partial charge is 0.481 e. The first-order valence-corrected chi connectivity index (χ1v) is 9.31. The number of nitrogens with one attached hydrogen (secondary N) is 1. The molecule has 124 valence electrons. The first-order chi connectivity index (χ1) is 11.1. The normalized spacial score (nSPS) is 52.1. The minimum Gasteiger partial charge on any atom is -0.481 e. The molecule has 1 amide bonds. The Balaban J connectivity index is 1.34. The molecule has 0 unspecified atom stereocenters. The quantitative estimate of drug-likeness (QED) is 0.786. The molecule has 5 saturated carbocycles. The molecule has 23 heavy (non-hydrogen) atoms. The Morgan fingerprint density at radius 3 is 1.96 bits per heavy atom. The van der Waals surface area contributed by atoms with Crippen LogP contribution >= 0.6 is 0 Å². The Morgan fingerprint density at radius 1 is 0.826 bits per heavy atom. The number of carbonyl (C=O) groups excluding carboxylic acids is 1. The van der Waals surface area contributed by atoms with Crippen molar-refractivity contribution in [2.45, 2.75) is 44.6 Å². The summed E-state index contributed by atoms with van der Waals surface area (Å²) in [7, 11) is 0. The van der Waals surface area contributed by atoms with Gasteiger partial charge in [0.15, 0.2) is 0 Å². The number of carbonyl (C=O) groups is 2. The minimum absolute atomic E-state index is 0.0201. The Bertz CT molecular complexity index is 555. The number of fused-ring (bicyclic) bond motifs is 2. The molecule has 4 heteroatoms. The van der Waals surface area contributed by atoms with Gasteiger partial charge >= 0.3 is 5.97 Å². The van der Waals surface area contributed by atoms with Crippen LogP contribution in [0.25, 0.3) is 0 Å². The number of hydrogen-bond acceptors (Lipinski definition) is 2. The van der Waals surface area contributed by atoms with Gasteiger partial charge in [0, 0.05) is 6.04 Å². The van der Waals surface area contributed by atoms with E-state index in [2.05, 4.69) is 11.4 Å². The number of hydrogen-bond donors (Lipinski definition) is 2. The van der Waals surface area contributed by atoms with E-state index in [9.17, 15) is 14.7 Å². The molecule has 0 spiro atoms. The van der Waals surface area contributed by atoms with Crippen LogP contribution in [0, 0.1) is 47.3 Å². The number of amides is 1. The second-order valence-corrected chi connectivity index (χ2v) is 8.80. The van der Waals surface area contributed by atoms with Crippen molar-refractivity contribution in [3.63, 3.8) is 0 Å². The molecule has 0 radical (unpaired) electrons. The van der Waals surface area contributed by atoms with Crippen LogP contribution in [-0.4, -0.2) is 23.0 Å². The fourth-order valence-electron chi connectivity index (χ4n) is 6.94. The van der Waals surface area contributed by atoms with Gasteiger partial charge in [-0.25, -0.2) is 0 Å². The summed E-state index contributed by atoms with van der Waals surface area (Å²) < 4.78 is 0. The lowest BCUT2D eigenvalue weighted by atomic mass is 9.54. The summed E-state index contributed by atoms with van der Waals surface area (Å²) >= 11 is 0. The predicted molar refractivity (Wildman–Crippen MR) is 84.3 cm³/mol. The van der Waals surface area contributed by atoms with Crippen LogP contribution < -0.4 is 5.32 Å². The molecule has 4 atom stereocenters. The third-order valence-corrected chi connectivity index (χ3v) is 7.58. The van der Waals surface area contributed by atoms with Gasteiger partial charge in [0.1, 0.15) is 0 Å². The Labute approximate surface area is 136 Å². The molecule has 5 fully saturated rings. The molecule has 0 aromatic heterocycles. The molecule has 4 nitrogen and oxygen atoms in total. The maximum Gasteiger partial charge on any atom is 0.307 e. The van der Waals surface area contributed by atoms with E-state index in [4.69, 9.17) is 0 Å². The zero-order valence-corrected chi connectivity index (χ0v) is 13.4. The zero-order valence-electron chi connectivity index (χ0n) is 13.4. The van der Waals surface area contributed by atoms with Crippen molar-refractivity contribution in [2.24, 2.45) is 47.3 Å². The van der Waals surface area contributed by atoms with Crippen molar-refractivity contribution in [1.82, 2.24) is 5.32 Å². The summed E-state index contributed by atoms with van der Waals surface area (Å²) in [6, 6.07) is 0.313. The molecular formula is C19H25NO3. The summed E-state index contributed by atoms with van der Waals surface area (Å²) in [4.78, 5) is 24.6. The second kappa shape index (κ2) is 4.84. The number of aliphatic carboxylic acids is 1. The molecule has 6 aliphatic carbocycles. The van der Waals surface area contributed by atoms with Gasteiger partial charge in [-0.1, -0.05) is 12.2 Å². The van der Waals surface area contributed by atoms with Crippen LogP contribution in [0.4, 0.5) is 0 Å². The highest BCUT2D eigenvalue weighted by atomic mass is 16.4. The molecule has 6 rings (SSSR count). The van der Waals surface area contributed by atoms with Crippen LogP contribution in [0.3, 0.4) is 0 Å². The Kier molecular flexibility index (Phi) is 2.96. The Hall–Kier alpha value is -1.32. The molecular weight excluding hydrogens is 290 g/mol. The average Bonchev–Trinajstić information content (AvgIpc) is 3.10. The third kappa shape index (κ3) is 2.03. The van der Waals surface area contributed by atoms with Crippen molar-refractivity contribution >= 4 is 11.9 Å². The van der Waals surface area contributed by atoms with E-state index in [1.165, 1.54) is 32.1 Å². The number of allylic oxidation sites excluding steroid dienone is 2. The monoisotopic (exact) mass is 315 g/mol. The lowest BCUT2D eigenvalue weighted by molar-refractivity contribution is -0.148. The predicted octanol–water partition coefficient (Wildman–Crippen LogP) is 2.45. The highest BCUT2D eigenvalue weighted by Crippen LogP contribution is 2.54. The summed E-state index contributed by atoms with van der Waals surface area (Å²) in [5.41, 5.74) is 0. The summed E-state index contributed by atoms with van der Waals surface area (Å²) in [6.07, 6.45) is 11.4. The van der Waals surface area contributed by atoms with Crippen molar-refractivity contribution in [1.29, 1.82) is 0 Å². The molecule has 0 saturated heterocycles. The van der Waals surface area contributed by atoms with Gasteiger partial charge in [-0.05, 0) is 74.0 Å². The van der Waals surface area contributed by atoms with Crippen molar-refractivity contribution in [3.8, 4) is 0 Å². The van der Waals surface area contributed by atoms with Gasteiger partial charge in [0.25, 0.3) is 0 Å². The molecule has 0 heterocycles. The highest BCUT2D eigenvalue weighted by molar-refractivity contribution is 5.87. The number of carboxylic acids is 1. The summed E-state index contributed by atoms with van der Waals surface area (Å²) in [5, 5.41) is 12.9. The van der Waals surface area contributed by atoms with E-state index in [0.717, 1.165) is 18.3 Å². The standard InChI is InChI=1S/C19H25NO3/c21-18(15-11-1-2-12(8-11)16(15)19(22)23)20-17-13-4-9-3-10(6-13)7-14(17)5-9/h1-2,9-17H,3-8H2,(H,20,21)(H,22,23)/t9?,10?,11-,12+,13?,14?,15-,16+,17?/m1/s1. The maximum absolute atomic E-state index is 12.9. The van der Waals surface area contributed by atoms with Gasteiger partial charge in [0.2, 0.25) is 5.91 Å². The molecule has 6 bridgehead atoms. The first kappa shape index (κ1) is 14.1. The van der Waals surface area contributed by atoms with E-state index in [1.807, 2.05) is 6.08 Å². The zero-order chi connectivity index (χ0) is 15.7. The first-order valence-electron chi connectivity index (χ1n) is 9.31. The van der Waals surface area contributed by atoms with Crippen LogP contribution in [-0.2, 0) is 9.59 Å². The van der Waals surface area contributed by atoms with E-state index >= 15 is 0 Å². The number of carboxylic acid groups (broad SMARTS) is 1. The molecule has 0 aliphatic heterocycles. The van der Waals surface area contributed by atoms with Crippen LogP contribution in [0.1, 0.15) is 38.5 Å². The lowest BCUT2D eigenvalue weighted by Gasteiger charge is -2.54. The van der Waals surface area contributed by atoms with Crippen LogP contribution in [0.2, 0.25) is 0 Å². The highest BCUT2D eigenvalue weighted by Gasteiger charge is 2.54. The lowest BCUT2D eigenvalue weighted by Crippen LogP contribution is -2.57. The van der Waals surface area contributed by atoms with Gasteiger partial charge in [-0.2, -0.15) is 0 Å². The summed E-state index contributed by atoms with van der Waals surface area (Å²) in [5.74, 6) is 1.64. The molecule has 6 aliphatic rings. The topological polar surface area (TPSA) is 66.4 Å². The van der Waals surface area contributed by atoms with Crippen molar-refractivity contribution < 1.29 is 14.7 Å². The second-order valence-electron chi connectivity index (χ2n) is 8.80. The molecule has 2 N–H and O–H groups in total. The smallest absolute Gasteiger partial charge is 0.307 e. The van der Waals surface area contributed by atoms with E-state index < -0.39 is 11.9 Å². The summed E-state index contributed by atoms with van der Waals surface area (Å²) in [6.45, 7) is 0. The van der Waals surface area contributed by atoms with E-state index in [1.54, 1.807) is 0 Å². The fraction of sp³-hybridized carbons (Fsp3) is 0.789. The van der Waals surface area contributed by atoms with Gasteiger partial charge in [0.05, 0.1) is 11.8 Å². The molecule has 0 aromatic rings. The maximum atomic E-state index is 12.9. The van der Waals surface area contributed by atoms with Gasteiger partial charge in [-0.3, -0.25) is 9.59 Å². The molecule has 0 aromatic carbocycles. The van der Waals surface area contributed by atoms with Crippen molar-refractivity contribution in [2.75, 3.05) is 0 Å². The number of rotatable bonds is 3. The average molecular weight is 315 g/mol. The van der Waals surface area contributed by atoms with Crippen LogP contribution in [0.5, 0.6) is 0 Å². The van der Waals surface area contributed by atoms with E-state index in [0.29, 0.717) is 17.9 Å². The Morgan fingerprint density at radius 2 is 1.39 bits per heavy atom. The minimum atomic E-state index is -0.799. The van der Waals surface area contributed by atoms with E-state index in [-0.39, 0.29) is 23.7 Å². The fourth-order valence-corrected chi connectivity index (χ4v) is 6.94.